The number of rotatable bonds is 5. The Balaban J connectivity index is 2.08. The zero-order valence-corrected chi connectivity index (χ0v) is 14.3. The van der Waals surface area contributed by atoms with E-state index in [0.29, 0.717) is 17.1 Å². The highest BCUT2D eigenvalue weighted by Crippen LogP contribution is 2.16. The SMILES string of the molecule is COc1ccc(C(=O)Cn2c(CCl)nc3c2c(=O)[nH]c(=O)n3C)cc1. The highest BCUT2D eigenvalue weighted by atomic mass is 35.5. The number of benzene rings is 1. The lowest BCUT2D eigenvalue weighted by Crippen LogP contribution is -2.29. The maximum absolute atomic E-state index is 12.6. The second kappa shape index (κ2) is 6.56. The first-order valence-corrected chi connectivity index (χ1v) is 7.91. The fraction of sp³-hybridized carbons (Fsp3) is 0.250. The van der Waals surface area contributed by atoms with Crippen molar-refractivity contribution in [3.63, 3.8) is 0 Å². The van der Waals surface area contributed by atoms with Crippen LogP contribution in [0.25, 0.3) is 11.2 Å². The average molecular weight is 363 g/mol. The molecule has 0 unspecified atom stereocenters. The second-order valence-electron chi connectivity index (χ2n) is 5.39. The Kier molecular flexibility index (Phi) is 4.45. The van der Waals surface area contributed by atoms with Crippen LogP contribution in [0.3, 0.4) is 0 Å². The number of halogens is 1. The molecule has 0 radical (unpaired) electrons. The number of carbonyl (C=O) groups is 1. The highest BCUT2D eigenvalue weighted by molar-refractivity contribution is 6.16. The predicted octanol–water partition coefficient (Wildman–Crippen LogP) is 1.05. The number of alkyl halides is 1. The summed E-state index contributed by atoms with van der Waals surface area (Å²) in [7, 11) is 3.03. The van der Waals surface area contributed by atoms with Crippen LogP contribution in [0.4, 0.5) is 0 Å². The van der Waals surface area contributed by atoms with Crippen molar-refractivity contribution in [2.24, 2.45) is 7.05 Å². The monoisotopic (exact) mass is 362 g/mol. The summed E-state index contributed by atoms with van der Waals surface area (Å²) < 4.78 is 7.71. The van der Waals surface area contributed by atoms with Crippen molar-refractivity contribution in [2.45, 2.75) is 12.4 Å². The molecule has 0 amide bonds. The Morgan fingerprint density at radius 2 is 1.96 bits per heavy atom. The molecule has 25 heavy (non-hydrogen) atoms. The molecule has 2 heterocycles. The van der Waals surface area contributed by atoms with Crippen molar-refractivity contribution in [1.82, 2.24) is 19.1 Å². The minimum Gasteiger partial charge on any atom is -0.497 e. The summed E-state index contributed by atoms with van der Waals surface area (Å²) in [5.74, 6) is 0.752. The topological polar surface area (TPSA) is 99.0 Å². The summed E-state index contributed by atoms with van der Waals surface area (Å²) in [6, 6.07) is 6.64. The Hall–Kier alpha value is -2.87. The van der Waals surface area contributed by atoms with Gasteiger partial charge in [0.25, 0.3) is 5.56 Å². The van der Waals surface area contributed by atoms with Crippen molar-refractivity contribution in [2.75, 3.05) is 7.11 Å². The molecule has 0 saturated carbocycles. The van der Waals surface area contributed by atoms with Crippen LogP contribution in [0.15, 0.2) is 33.9 Å². The Morgan fingerprint density at radius 1 is 1.28 bits per heavy atom. The molecule has 0 fully saturated rings. The molecule has 0 aliphatic carbocycles. The number of ketones is 1. The first-order valence-electron chi connectivity index (χ1n) is 7.38. The summed E-state index contributed by atoms with van der Waals surface area (Å²) in [5, 5.41) is 0. The number of hydrogen-bond donors (Lipinski definition) is 1. The second-order valence-corrected chi connectivity index (χ2v) is 5.66. The van der Waals surface area contributed by atoms with Crippen LogP contribution in [0.2, 0.25) is 0 Å². The molecule has 3 rings (SSSR count). The number of imidazole rings is 1. The van der Waals surface area contributed by atoms with E-state index < -0.39 is 11.2 Å². The lowest BCUT2D eigenvalue weighted by molar-refractivity contribution is 0.0972. The molecule has 3 aromatic rings. The van der Waals surface area contributed by atoms with Crippen LogP contribution >= 0.6 is 11.6 Å². The fourth-order valence-corrected chi connectivity index (χ4v) is 2.77. The Bertz CT molecular complexity index is 1060. The van der Waals surface area contributed by atoms with Gasteiger partial charge in [-0.05, 0) is 24.3 Å². The van der Waals surface area contributed by atoms with Gasteiger partial charge >= 0.3 is 5.69 Å². The molecule has 0 aliphatic heterocycles. The fourth-order valence-electron chi connectivity index (χ4n) is 2.56. The van der Waals surface area contributed by atoms with Gasteiger partial charge in [0.2, 0.25) is 0 Å². The minimum atomic E-state index is -0.607. The standard InChI is InChI=1S/C16H15ClN4O4/c1-20-14-13(15(23)19-16(20)24)21(12(7-17)18-14)8-11(22)9-3-5-10(25-2)6-4-9/h3-6H,7-8H2,1-2H3,(H,19,23,24). The van der Waals surface area contributed by atoms with Gasteiger partial charge in [0.1, 0.15) is 11.6 Å². The van der Waals surface area contributed by atoms with Gasteiger partial charge in [-0.1, -0.05) is 0 Å². The van der Waals surface area contributed by atoms with Crippen molar-refractivity contribution in [3.05, 3.63) is 56.5 Å². The van der Waals surface area contributed by atoms with E-state index in [-0.39, 0.29) is 29.4 Å². The third-order valence-electron chi connectivity index (χ3n) is 3.92. The Morgan fingerprint density at radius 3 is 2.56 bits per heavy atom. The zero-order valence-electron chi connectivity index (χ0n) is 13.6. The first-order chi connectivity index (χ1) is 12.0. The smallest absolute Gasteiger partial charge is 0.329 e. The number of Topliss-reactive ketones (excluding diaryl/α,β-unsaturated/α-hetero) is 1. The Labute approximate surface area is 146 Å². The van der Waals surface area contributed by atoms with Gasteiger partial charge in [-0.2, -0.15) is 0 Å². The molecule has 0 aliphatic rings. The molecule has 1 aromatic carbocycles. The number of aromatic nitrogens is 4. The molecule has 0 spiro atoms. The maximum Gasteiger partial charge on any atom is 0.329 e. The van der Waals surface area contributed by atoms with E-state index >= 15 is 0 Å². The summed E-state index contributed by atoms with van der Waals surface area (Å²) in [6.07, 6.45) is 0. The van der Waals surface area contributed by atoms with Gasteiger partial charge in [0.05, 0.1) is 19.5 Å². The van der Waals surface area contributed by atoms with Crippen LogP contribution in [0.1, 0.15) is 16.2 Å². The molecule has 1 N–H and O–H groups in total. The highest BCUT2D eigenvalue weighted by Gasteiger charge is 2.19. The lowest BCUT2D eigenvalue weighted by Gasteiger charge is -2.07. The van der Waals surface area contributed by atoms with Crippen molar-refractivity contribution in [3.8, 4) is 5.75 Å². The quantitative estimate of drug-likeness (QED) is 0.540. The first kappa shape index (κ1) is 17.0. The third kappa shape index (κ3) is 2.96. The van der Waals surface area contributed by atoms with E-state index in [1.807, 2.05) is 0 Å². The summed E-state index contributed by atoms with van der Waals surface area (Å²) >= 11 is 5.91. The molecular weight excluding hydrogens is 348 g/mol. The number of fused-ring (bicyclic) bond motifs is 1. The van der Waals surface area contributed by atoms with Gasteiger partial charge < -0.3 is 9.30 Å². The number of hydrogen-bond acceptors (Lipinski definition) is 5. The van der Waals surface area contributed by atoms with Crippen molar-refractivity contribution >= 4 is 28.5 Å². The summed E-state index contributed by atoms with van der Waals surface area (Å²) in [6.45, 7) is -0.119. The molecule has 0 bridgehead atoms. The number of aromatic amines is 1. The van der Waals surface area contributed by atoms with Crippen LogP contribution < -0.4 is 16.0 Å². The molecule has 0 atom stereocenters. The number of nitrogens with zero attached hydrogens (tertiary/aromatic N) is 3. The number of aryl methyl sites for hydroxylation is 1. The number of H-pyrrole nitrogens is 1. The minimum absolute atomic E-state index is 0.00178. The van der Waals surface area contributed by atoms with Crippen molar-refractivity contribution < 1.29 is 9.53 Å². The zero-order chi connectivity index (χ0) is 18.1. The molecule has 2 aromatic heterocycles. The molecule has 130 valence electrons. The average Bonchev–Trinajstić information content (AvgIpc) is 2.98. The molecule has 0 saturated heterocycles. The van der Waals surface area contributed by atoms with E-state index in [9.17, 15) is 14.4 Å². The largest absolute Gasteiger partial charge is 0.497 e. The maximum atomic E-state index is 12.6. The van der Waals surface area contributed by atoms with Crippen LogP contribution in [0.5, 0.6) is 5.75 Å². The van der Waals surface area contributed by atoms with E-state index in [1.165, 1.54) is 23.3 Å². The van der Waals surface area contributed by atoms with Gasteiger partial charge in [-0.15, -0.1) is 11.6 Å². The van der Waals surface area contributed by atoms with Crippen molar-refractivity contribution in [1.29, 1.82) is 0 Å². The van der Waals surface area contributed by atoms with Crippen LogP contribution in [0, 0.1) is 0 Å². The molecule has 9 heteroatoms. The number of carbonyl (C=O) groups excluding carboxylic acids is 1. The van der Waals surface area contributed by atoms with E-state index in [4.69, 9.17) is 16.3 Å². The number of nitrogens with one attached hydrogen (secondary N) is 1. The summed E-state index contributed by atoms with van der Waals surface area (Å²) in [4.78, 5) is 42.9. The predicted molar refractivity (Wildman–Crippen MR) is 92.5 cm³/mol. The lowest BCUT2D eigenvalue weighted by atomic mass is 10.1. The van der Waals surface area contributed by atoms with Gasteiger partial charge in [-0.3, -0.25) is 19.1 Å². The molecule has 8 nitrogen and oxygen atoms in total. The van der Waals surface area contributed by atoms with Gasteiger partial charge in [0, 0.05) is 12.6 Å². The number of ether oxygens (including phenoxy) is 1. The van der Waals surface area contributed by atoms with E-state index in [1.54, 1.807) is 24.3 Å². The normalized spacial score (nSPS) is 11.0. The number of methoxy groups -OCH3 is 1. The summed E-state index contributed by atoms with van der Waals surface area (Å²) in [5.41, 5.74) is -0.398. The third-order valence-corrected chi connectivity index (χ3v) is 4.16. The van der Waals surface area contributed by atoms with Gasteiger partial charge in [-0.25, -0.2) is 9.78 Å². The molecular formula is C16H15ClN4O4. The van der Waals surface area contributed by atoms with E-state index in [0.717, 1.165) is 0 Å². The van der Waals surface area contributed by atoms with Crippen LogP contribution in [-0.2, 0) is 19.5 Å². The van der Waals surface area contributed by atoms with E-state index in [2.05, 4.69) is 9.97 Å². The van der Waals surface area contributed by atoms with Crippen LogP contribution in [-0.4, -0.2) is 32.0 Å². The van der Waals surface area contributed by atoms with Gasteiger partial charge in [0.15, 0.2) is 16.9 Å².